The van der Waals surface area contributed by atoms with E-state index in [1.54, 1.807) is 30.5 Å². The highest BCUT2D eigenvalue weighted by molar-refractivity contribution is 7.14. The zero-order valence-electron chi connectivity index (χ0n) is 13.6. The molecule has 0 radical (unpaired) electrons. The first-order valence-corrected chi connectivity index (χ1v) is 8.31. The van der Waals surface area contributed by atoms with Gasteiger partial charge in [0, 0.05) is 23.1 Å². The quantitative estimate of drug-likeness (QED) is 0.387. The van der Waals surface area contributed by atoms with Crippen LogP contribution in [0.3, 0.4) is 0 Å². The molecule has 26 heavy (non-hydrogen) atoms. The molecular weight excluding hydrogens is 356 g/mol. The molecule has 0 bridgehead atoms. The van der Waals surface area contributed by atoms with Gasteiger partial charge < -0.3 is 9.84 Å². The van der Waals surface area contributed by atoms with E-state index in [0.717, 1.165) is 11.1 Å². The summed E-state index contributed by atoms with van der Waals surface area (Å²) in [5.41, 5.74) is 5.10. The number of hydrogen-bond donors (Lipinski definition) is 2. The van der Waals surface area contributed by atoms with Gasteiger partial charge in [-0.05, 0) is 35.9 Å². The van der Waals surface area contributed by atoms with Crippen molar-refractivity contribution in [2.45, 2.75) is 0 Å². The molecule has 132 valence electrons. The smallest absolute Gasteiger partial charge is 0.269 e. The number of aromatic hydroxyl groups is 1. The number of nitrogens with one attached hydrogen (secondary N) is 1. The van der Waals surface area contributed by atoms with Crippen LogP contribution in [0.1, 0.15) is 5.56 Å². The topological polar surface area (TPSA) is 110 Å². The summed E-state index contributed by atoms with van der Waals surface area (Å²) in [6.45, 7) is 0. The average Bonchev–Trinajstić information content (AvgIpc) is 3.12. The highest BCUT2D eigenvalue weighted by Gasteiger charge is 2.08. The lowest BCUT2D eigenvalue weighted by Crippen LogP contribution is -1.91. The standard InChI is InChI=1S/C17H14N4O4S/c1-25-16-8-11(2-7-15(16)22)9-18-20-17-19-14(10-26-17)12-3-5-13(6-4-12)21(23)24/h2-10,22H,1H3,(H,19,20)/b18-9+. The number of hydrazone groups is 1. The number of rotatable bonds is 6. The maximum Gasteiger partial charge on any atom is 0.269 e. The van der Waals surface area contributed by atoms with Crippen LogP contribution in [0.4, 0.5) is 10.8 Å². The summed E-state index contributed by atoms with van der Waals surface area (Å²) in [5, 5.41) is 26.8. The third kappa shape index (κ3) is 3.95. The Bertz CT molecular complexity index is 954. The number of non-ortho nitro benzene ring substituents is 1. The van der Waals surface area contributed by atoms with Crippen molar-refractivity contribution in [3.63, 3.8) is 0 Å². The third-order valence-corrected chi connectivity index (χ3v) is 4.20. The molecule has 0 unspecified atom stereocenters. The van der Waals surface area contributed by atoms with Crippen LogP contribution in [0.25, 0.3) is 11.3 Å². The van der Waals surface area contributed by atoms with Gasteiger partial charge in [-0.1, -0.05) is 0 Å². The second-order valence-electron chi connectivity index (χ2n) is 5.14. The third-order valence-electron chi connectivity index (χ3n) is 3.46. The van der Waals surface area contributed by atoms with Crippen molar-refractivity contribution in [1.29, 1.82) is 0 Å². The number of benzene rings is 2. The van der Waals surface area contributed by atoms with Gasteiger partial charge >= 0.3 is 0 Å². The van der Waals surface area contributed by atoms with E-state index in [-0.39, 0.29) is 11.4 Å². The molecule has 2 aromatic carbocycles. The number of methoxy groups -OCH3 is 1. The Labute approximate surface area is 152 Å². The Kier molecular flexibility index (Phi) is 5.09. The molecule has 0 saturated carbocycles. The zero-order valence-corrected chi connectivity index (χ0v) is 14.4. The van der Waals surface area contributed by atoms with Crippen molar-refractivity contribution in [3.05, 3.63) is 63.5 Å². The zero-order chi connectivity index (χ0) is 18.5. The molecule has 8 nitrogen and oxygen atoms in total. The minimum atomic E-state index is -0.440. The lowest BCUT2D eigenvalue weighted by Gasteiger charge is -2.03. The van der Waals surface area contributed by atoms with E-state index in [9.17, 15) is 15.2 Å². The van der Waals surface area contributed by atoms with Gasteiger partial charge in [0.1, 0.15) is 0 Å². The van der Waals surface area contributed by atoms with E-state index in [2.05, 4.69) is 15.5 Å². The minimum absolute atomic E-state index is 0.0382. The van der Waals surface area contributed by atoms with Gasteiger partial charge in [-0.15, -0.1) is 11.3 Å². The van der Waals surface area contributed by atoms with E-state index in [4.69, 9.17) is 4.74 Å². The molecule has 0 spiro atoms. The number of nitrogens with zero attached hydrogens (tertiary/aromatic N) is 3. The Morgan fingerprint density at radius 2 is 2.08 bits per heavy atom. The van der Waals surface area contributed by atoms with Crippen molar-refractivity contribution in [2.75, 3.05) is 12.5 Å². The normalized spacial score (nSPS) is 10.8. The fraction of sp³-hybridized carbons (Fsp3) is 0.0588. The summed E-state index contributed by atoms with van der Waals surface area (Å²) < 4.78 is 5.04. The van der Waals surface area contributed by atoms with Crippen LogP contribution < -0.4 is 10.2 Å². The number of hydrogen-bond acceptors (Lipinski definition) is 8. The largest absolute Gasteiger partial charge is 0.504 e. The molecule has 1 aromatic heterocycles. The number of aromatic nitrogens is 1. The Hall–Kier alpha value is -3.46. The number of ether oxygens (including phenoxy) is 1. The minimum Gasteiger partial charge on any atom is -0.504 e. The second-order valence-corrected chi connectivity index (χ2v) is 6.00. The molecule has 0 saturated heterocycles. The van der Waals surface area contributed by atoms with Crippen molar-refractivity contribution < 1.29 is 14.8 Å². The number of anilines is 1. The van der Waals surface area contributed by atoms with E-state index >= 15 is 0 Å². The van der Waals surface area contributed by atoms with Crippen molar-refractivity contribution in [3.8, 4) is 22.8 Å². The number of nitro groups is 1. The van der Waals surface area contributed by atoms with Gasteiger partial charge in [-0.2, -0.15) is 5.10 Å². The van der Waals surface area contributed by atoms with Crippen molar-refractivity contribution >= 4 is 28.4 Å². The molecule has 0 aliphatic rings. The molecular formula is C17H14N4O4S. The Morgan fingerprint density at radius 1 is 1.31 bits per heavy atom. The summed E-state index contributed by atoms with van der Waals surface area (Å²) in [6, 6.07) is 11.1. The monoisotopic (exact) mass is 370 g/mol. The van der Waals surface area contributed by atoms with Crippen LogP contribution >= 0.6 is 11.3 Å². The van der Waals surface area contributed by atoms with Crippen LogP contribution in [-0.4, -0.2) is 28.3 Å². The fourth-order valence-electron chi connectivity index (χ4n) is 2.15. The van der Waals surface area contributed by atoms with Gasteiger partial charge in [-0.25, -0.2) is 4.98 Å². The fourth-order valence-corrected chi connectivity index (χ4v) is 2.82. The molecule has 0 amide bonds. The maximum atomic E-state index is 10.7. The maximum absolute atomic E-state index is 10.7. The highest BCUT2D eigenvalue weighted by atomic mass is 32.1. The van der Waals surface area contributed by atoms with E-state index in [1.165, 1.54) is 36.6 Å². The SMILES string of the molecule is COc1cc(/C=N/Nc2nc(-c3ccc([N+](=O)[O-])cc3)cs2)ccc1O. The van der Waals surface area contributed by atoms with Crippen LogP contribution in [-0.2, 0) is 0 Å². The summed E-state index contributed by atoms with van der Waals surface area (Å²) in [6.07, 6.45) is 1.58. The molecule has 3 aromatic rings. The highest BCUT2D eigenvalue weighted by Crippen LogP contribution is 2.27. The summed E-state index contributed by atoms with van der Waals surface area (Å²) in [7, 11) is 1.48. The Balaban J connectivity index is 1.67. The first kappa shape index (κ1) is 17.4. The van der Waals surface area contributed by atoms with Gasteiger partial charge in [0.2, 0.25) is 5.13 Å². The van der Waals surface area contributed by atoms with Crippen molar-refractivity contribution in [1.82, 2.24) is 4.98 Å². The van der Waals surface area contributed by atoms with E-state index < -0.39 is 4.92 Å². The molecule has 1 heterocycles. The molecule has 9 heteroatoms. The van der Waals surface area contributed by atoms with E-state index in [0.29, 0.717) is 16.6 Å². The number of phenolic OH excluding ortho intramolecular Hbond substituents is 1. The van der Waals surface area contributed by atoms with Crippen LogP contribution in [0.2, 0.25) is 0 Å². The molecule has 0 fully saturated rings. The van der Waals surface area contributed by atoms with Gasteiger partial charge in [0.05, 0.1) is 23.9 Å². The molecule has 3 rings (SSSR count). The second kappa shape index (κ2) is 7.62. The first-order valence-electron chi connectivity index (χ1n) is 7.43. The van der Waals surface area contributed by atoms with Crippen molar-refractivity contribution in [2.24, 2.45) is 5.10 Å². The van der Waals surface area contributed by atoms with Crippen LogP contribution in [0, 0.1) is 10.1 Å². The predicted molar refractivity (Wildman–Crippen MR) is 100 cm³/mol. The Morgan fingerprint density at radius 3 is 2.77 bits per heavy atom. The summed E-state index contributed by atoms with van der Waals surface area (Å²) >= 11 is 1.37. The number of thiazole rings is 1. The van der Waals surface area contributed by atoms with Crippen LogP contribution in [0.5, 0.6) is 11.5 Å². The lowest BCUT2D eigenvalue weighted by atomic mass is 10.1. The predicted octanol–water partition coefficient (Wildman–Crippen LogP) is 3.88. The molecule has 2 N–H and O–H groups in total. The summed E-state index contributed by atoms with van der Waals surface area (Å²) in [4.78, 5) is 14.6. The number of nitro benzene ring substituents is 1. The molecule has 0 aliphatic heterocycles. The number of phenols is 1. The lowest BCUT2D eigenvalue weighted by molar-refractivity contribution is -0.384. The molecule has 0 aliphatic carbocycles. The van der Waals surface area contributed by atoms with Gasteiger partial charge in [0.15, 0.2) is 11.5 Å². The van der Waals surface area contributed by atoms with Crippen LogP contribution in [0.15, 0.2) is 52.9 Å². The van der Waals surface area contributed by atoms with Gasteiger partial charge in [-0.3, -0.25) is 15.5 Å². The molecule has 0 atom stereocenters. The van der Waals surface area contributed by atoms with E-state index in [1.807, 2.05) is 5.38 Å². The summed E-state index contributed by atoms with van der Waals surface area (Å²) in [5.74, 6) is 0.425. The average molecular weight is 370 g/mol. The van der Waals surface area contributed by atoms with Gasteiger partial charge in [0.25, 0.3) is 5.69 Å². The first-order chi connectivity index (χ1) is 12.6.